The summed E-state index contributed by atoms with van der Waals surface area (Å²) in [6.07, 6.45) is -4.33. The molecule has 0 saturated carbocycles. The number of hydrogen-bond acceptors (Lipinski definition) is 2. The van der Waals surface area contributed by atoms with Gasteiger partial charge >= 0.3 is 6.18 Å². The van der Waals surface area contributed by atoms with Crippen LogP contribution in [0.25, 0.3) is 5.69 Å². The molecule has 2 aromatic rings. The van der Waals surface area contributed by atoms with Crippen molar-refractivity contribution >= 4 is 5.82 Å². The van der Waals surface area contributed by atoms with Crippen molar-refractivity contribution in [2.75, 3.05) is 5.73 Å². The van der Waals surface area contributed by atoms with Gasteiger partial charge in [0.1, 0.15) is 5.82 Å². The fraction of sp³-hybridized carbons (Fsp3) is 0.182. The SMILES string of the molecule is Cc1cc(N)n(-c2ccc(C(F)(F)F)cc2)n1. The molecule has 0 aliphatic carbocycles. The molecule has 2 rings (SSSR count). The van der Waals surface area contributed by atoms with Gasteiger partial charge in [-0.1, -0.05) is 0 Å². The lowest BCUT2D eigenvalue weighted by atomic mass is 10.2. The smallest absolute Gasteiger partial charge is 0.384 e. The van der Waals surface area contributed by atoms with Gasteiger partial charge < -0.3 is 5.73 Å². The molecule has 0 amide bonds. The molecular weight excluding hydrogens is 231 g/mol. The summed E-state index contributed by atoms with van der Waals surface area (Å²) in [5.74, 6) is 0.391. The van der Waals surface area contributed by atoms with Gasteiger partial charge in [-0.25, -0.2) is 4.68 Å². The molecule has 3 nitrogen and oxygen atoms in total. The molecule has 0 saturated heterocycles. The Bertz CT molecular complexity index is 526. The zero-order valence-corrected chi connectivity index (χ0v) is 8.99. The maximum atomic E-state index is 12.4. The number of anilines is 1. The van der Waals surface area contributed by atoms with Crippen LogP contribution in [0.1, 0.15) is 11.3 Å². The van der Waals surface area contributed by atoms with Gasteiger partial charge in [-0.15, -0.1) is 0 Å². The zero-order valence-electron chi connectivity index (χ0n) is 8.99. The second-order valence-electron chi connectivity index (χ2n) is 3.67. The van der Waals surface area contributed by atoms with E-state index in [1.165, 1.54) is 16.8 Å². The predicted octanol–water partition coefficient (Wildman–Crippen LogP) is 2.78. The van der Waals surface area contributed by atoms with Crippen LogP contribution in [0.3, 0.4) is 0 Å². The number of aryl methyl sites for hydroxylation is 1. The van der Waals surface area contributed by atoms with E-state index in [2.05, 4.69) is 5.10 Å². The summed E-state index contributed by atoms with van der Waals surface area (Å²) in [7, 11) is 0. The molecular formula is C11H10F3N3. The van der Waals surface area contributed by atoms with Gasteiger partial charge in [0, 0.05) is 6.07 Å². The minimum Gasteiger partial charge on any atom is -0.384 e. The second kappa shape index (κ2) is 3.80. The summed E-state index contributed by atoms with van der Waals surface area (Å²) < 4.78 is 38.5. The van der Waals surface area contributed by atoms with Gasteiger partial charge in [0.05, 0.1) is 16.9 Å². The van der Waals surface area contributed by atoms with E-state index >= 15 is 0 Å². The van der Waals surface area contributed by atoms with Crippen LogP contribution in [0.4, 0.5) is 19.0 Å². The first-order valence-corrected chi connectivity index (χ1v) is 4.88. The van der Waals surface area contributed by atoms with E-state index in [9.17, 15) is 13.2 Å². The Kier molecular flexibility index (Phi) is 2.57. The maximum Gasteiger partial charge on any atom is 0.416 e. The minimum absolute atomic E-state index is 0.391. The van der Waals surface area contributed by atoms with Crippen molar-refractivity contribution in [1.29, 1.82) is 0 Å². The summed E-state index contributed by atoms with van der Waals surface area (Å²) in [5.41, 5.74) is 6.20. The van der Waals surface area contributed by atoms with Gasteiger partial charge in [0.2, 0.25) is 0 Å². The molecule has 1 aromatic heterocycles. The lowest BCUT2D eigenvalue weighted by Crippen LogP contribution is -2.06. The molecule has 6 heteroatoms. The van der Waals surface area contributed by atoms with E-state index in [4.69, 9.17) is 5.73 Å². The summed E-state index contributed by atoms with van der Waals surface area (Å²) >= 11 is 0. The normalized spacial score (nSPS) is 11.8. The van der Waals surface area contributed by atoms with E-state index in [1.807, 2.05) is 0 Å². The highest BCUT2D eigenvalue weighted by atomic mass is 19.4. The number of nitrogens with two attached hydrogens (primary N) is 1. The number of benzene rings is 1. The van der Waals surface area contributed by atoms with Crippen LogP contribution in [-0.4, -0.2) is 9.78 Å². The molecule has 0 atom stereocenters. The van der Waals surface area contributed by atoms with Crippen molar-refractivity contribution < 1.29 is 13.2 Å². The summed E-state index contributed by atoms with van der Waals surface area (Å²) in [6.45, 7) is 1.76. The van der Waals surface area contributed by atoms with Crippen LogP contribution in [0, 0.1) is 6.92 Å². The van der Waals surface area contributed by atoms with E-state index in [-0.39, 0.29) is 0 Å². The minimum atomic E-state index is -4.33. The Hall–Kier alpha value is -1.98. The Morgan fingerprint density at radius 3 is 2.18 bits per heavy atom. The third-order valence-corrected chi connectivity index (χ3v) is 2.30. The molecule has 1 heterocycles. The molecule has 0 radical (unpaired) electrons. The third-order valence-electron chi connectivity index (χ3n) is 2.30. The molecule has 0 fully saturated rings. The number of aromatic nitrogens is 2. The van der Waals surface area contributed by atoms with Crippen molar-refractivity contribution in [3.05, 3.63) is 41.6 Å². The maximum absolute atomic E-state index is 12.4. The molecule has 2 N–H and O–H groups in total. The first-order chi connectivity index (χ1) is 7.88. The van der Waals surface area contributed by atoms with Crippen molar-refractivity contribution in [2.24, 2.45) is 0 Å². The van der Waals surface area contributed by atoms with Gasteiger partial charge in [-0.3, -0.25) is 0 Å². The van der Waals surface area contributed by atoms with E-state index < -0.39 is 11.7 Å². The van der Waals surface area contributed by atoms with Crippen LogP contribution in [-0.2, 0) is 6.18 Å². The fourth-order valence-electron chi connectivity index (χ4n) is 1.52. The summed E-state index contributed by atoms with van der Waals surface area (Å²) in [5, 5.41) is 4.08. The monoisotopic (exact) mass is 241 g/mol. The van der Waals surface area contributed by atoms with Crippen molar-refractivity contribution in [1.82, 2.24) is 9.78 Å². The van der Waals surface area contributed by atoms with E-state index in [0.717, 1.165) is 12.1 Å². The Morgan fingerprint density at radius 1 is 1.18 bits per heavy atom. The summed E-state index contributed by atoms with van der Waals surface area (Å²) in [4.78, 5) is 0. The zero-order chi connectivity index (χ0) is 12.6. The Balaban J connectivity index is 2.39. The molecule has 0 bridgehead atoms. The van der Waals surface area contributed by atoms with Crippen LogP contribution in [0.5, 0.6) is 0 Å². The number of alkyl halides is 3. The molecule has 17 heavy (non-hydrogen) atoms. The Labute approximate surface area is 95.7 Å². The largest absolute Gasteiger partial charge is 0.416 e. The lowest BCUT2D eigenvalue weighted by molar-refractivity contribution is -0.137. The predicted molar refractivity (Wildman–Crippen MR) is 57.7 cm³/mol. The number of rotatable bonds is 1. The highest BCUT2D eigenvalue weighted by molar-refractivity contribution is 5.43. The van der Waals surface area contributed by atoms with Gasteiger partial charge in [0.25, 0.3) is 0 Å². The number of halogens is 3. The topological polar surface area (TPSA) is 43.8 Å². The fourth-order valence-corrected chi connectivity index (χ4v) is 1.52. The molecule has 1 aromatic carbocycles. The van der Waals surface area contributed by atoms with Crippen molar-refractivity contribution in [3.63, 3.8) is 0 Å². The van der Waals surface area contributed by atoms with Crippen molar-refractivity contribution in [3.8, 4) is 5.69 Å². The molecule has 0 unspecified atom stereocenters. The molecule has 0 spiro atoms. The van der Waals surface area contributed by atoms with Crippen LogP contribution in [0.2, 0.25) is 0 Å². The third kappa shape index (κ3) is 2.25. The van der Waals surface area contributed by atoms with Crippen LogP contribution >= 0.6 is 0 Å². The van der Waals surface area contributed by atoms with Crippen LogP contribution < -0.4 is 5.73 Å². The quantitative estimate of drug-likeness (QED) is 0.834. The van der Waals surface area contributed by atoms with Gasteiger partial charge in [-0.05, 0) is 31.2 Å². The standard InChI is InChI=1S/C11H10F3N3/c1-7-6-10(15)17(16-7)9-4-2-8(3-5-9)11(12,13)14/h2-6H,15H2,1H3. The number of hydrogen-bond donors (Lipinski definition) is 1. The van der Waals surface area contributed by atoms with Gasteiger partial charge in [0.15, 0.2) is 0 Å². The van der Waals surface area contributed by atoms with E-state index in [1.54, 1.807) is 13.0 Å². The first-order valence-electron chi connectivity index (χ1n) is 4.88. The molecule has 0 aliphatic rings. The highest BCUT2D eigenvalue weighted by Gasteiger charge is 2.30. The average molecular weight is 241 g/mol. The molecule has 90 valence electrons. The summed E-state index contributed by atoms with van der Waals surface area (Å²) in [6, 6.07) is 6.34. The highest BCUT2D eigenvalue weighted by Crippen LogP contribution is 2.29. The Morgan fingerprint density at radius 2 is 1.76 bits per heavy atom. The average Bonchev–Trinajstić information content (AvgIpc) is 2.57. The number of nitrogen functional groups attached to an aromatic ring is 1. The second-order valence-corrected chi connectivity index (χ2v) is 3.67. The van der Waals surface area contributed by atoms with E-state index in [0.29, 0.717) is 17.2 Å². The van der Waals surface area contributed by atoms with Crippen molar-refractivity contribution in [2.45, 2.75) is 13.1 Å². The lowest BCUT2D eigenvalue weighted by Gasteiger charge is -2.08. The van der Waals surface area contributed by atoms with Crippen LogP contribution in [0.15, 0.2) is 30.3 Å². The van der Waals surface area contributed by atoms with Gasteiger partial charge in [-0.2, -0.15) is 18.3 Å². The number of nitrogens with zero attached hydrogens (tertiary/aromatic N) is 2. The molecule has 0 aliphatic heterocycles. The first kappa shape index (κ1) is 11.5.